The maximum atomic E-state index is 13.0. The Morgan fingerprint density at radius 1 is 0.976 bits per heavy atom. The maximum Gasteiger partial charge on any atom is 0.222 e. The Kier molecular flexibility index (Phi) is 7.87. The monoisotopic (exact) mass is 588 g/mol. The van der Waals surface area contributed by atoms with E-state index in [1.807, 2.05) is 41.1 Å². The normalized spacial score (nSPS) is 17.6. The molecule has 2 aliphatic heterocycles. The van der Waals surface area contributed by atoms with Crippen molar-refractivity contribution in [2.45, 2.75) is 18.9 Å². The van der Waals surface area contributed by atoms with Crippen molar-refractivity contribution in [3.8, 4) is 11.4 Å². The van der Waals surface area contributed by atoms with Crippen LogP contribution in [0.1, 0.15) is 12.8 Å². The minimum absolute atomic E-state index is 0.165. The SMILES string of the molecule is COc1cc(N2CCC(N3CCN(C)CC3)CC2)ccc1-n1ccc2nc(N)nc(Nc3ccccc3P(C)(C)=O)c21. The number of nitrogens with two attached hydrogens (primary N) is 1. The number of fused-ring (bicyclic) bond motifs is 1. The van der Waals surface area contributed by atoms with Crippen molar-refractivity contribution in [3.63, 3.8) is 0 Å². The number of anilines is 4. The number of para-hydroxylation sites is 1. The van der Waals surface area contributed by atoms with Crippen LogP contribution in [0.2, 0.25) is 0 Å². The lowest BCUT2D eigenvalue weighted by Gasteiger charge is -2.42. The summed E-state index contributed by atoms with van der Waals surface area (Å²) in [7, 11) is 1.38. The van der Waals surface area contributed by atoms with Gasteiger partial charge in [0.2, 0.25) is 5.95 Å². The van der Waals surface area contributed by atoms with Gasteiger partial charge in [0, 0.05) is 68.6 Å². The Hall–Kier alpha value is -3.59. The van der Waals surface area contributed by atoms with Crippen molar-refractivity contribution in [1.82, 2.24) is 24.3 Å². The molecule has 2 aromatic carbocycles. The molecule has 2 aromatic heterocycles. The molecule has 0 bridgehead atoms. The van der Waals surface area contributed by atoms with Gasteiger partial charge in [0.25, 0.3) is 0 Å². The van der Waals surface area contributed by atoms with Crippen molar-refractivity contribution in [2.75, 3.05) is 82.7 Å². The van der Waals surface area contributed by atoms with Gasteiger partial charge in [-0.15, -0.1) is 0 Å². The molecule has 6 rings (SSSR count). The number of likely N-dealkylation sites (N-methyl/N-ethyl adjacent to an activating group) is 1. The lowest BCUT2D eigenvalue weighted by Crippen LogP contribution is -2.52. The molecule has 2 saturated heterocycles. The van der Waals surface area contributed by atoms with Gasteiger partial charge in [-0.25, -0.2) is 4.98 Å². The van der Waals surface area contributed by atoms with Gasteiger partial charge < -0.3 is 34.7 Å². The molecule has 2 aliphatic rings. The van der Waals surface area contributed by atoms with Crippen LogP contribution in [-0.4, -0.2) is 97.1 Å². The first-order chi connectivity index (χ1) is 20.2. The van der Waals surface area contributed by atoms with E-state index < -0.39 is 7.14 Å². The largest absolute Gasteiger partial charge is 0.494 e. The first-order valence-corrected chi connectivity index (χ1v) is 17.2. The summed E-state index contributed by atoms with van der Waals surface area (Å²) in [6.07, 6.45) is 4.31. The minimum atomic E-state index is -2.54. The van der Waals surface area contributed by atoms with Crippen LogP contribution < -0.4 is 26.0 Å². The third-order valence-electron chi connectivity index (χ3n) is 8.59. The van der Waals surface area contributed by atoms with E-state index in [1.54, 1.807) is 20.4 Å². The van der Waals surface area contributed by atoms with E-state index in [-0.39, 0.29) is 5.95 Å². The molecule has 0 saturated carbocycles. The average molecular weight is 589 g/mol. The average Bonchev–Trinajstić information content (AvgIpc) is 3.41. The molecule has 4 aromatic rings. The van der Waals surface area contributed by atoms with Gasteiger partial charge in [-0.1, -0.05) is 12.1 Å². The van der Waals surface area contributed by atoms with Gasteiger partial charge in [0.15, 0.2) is 5.82 Å². The van der Waals surface area contributed by atoms with Crippen LogP contribution >= 0.6 is 7.14 Å². The number of nitrogen functional groups attached to an aromatic ring is 1. The number of hydrogen-bond acceptors (Lipinski definition) is 9. The van der Waals surface area contributed by atoms with E-state index in [9.17, 15) is 4.57 Å². The number of aromatic nitrogens is 3. The highest BCUT2D eigenvalue weighted by molar-refractivity contribution is 7.70. The van der Waals surface area contributed by atoms with Gasteiger partial charge in [-0.3, -0.25) is 4.90 Å². The van der Waals surface area contributed by atoms with Gasteiger partial charge in [-0.05, 0) is 63.6 Å². The number of rotatable bonds is 7. The lowest BCUT2D eigenvalue weighted by molar-refractivity contribution is 0.0982. The summed E-state index contributed by atoms with van der Waals surface area (Å²) in [6, 6.07) is 16.6. The second-order valence-electron chi connectivity index (χ2n) is 11.8. The van der Waals surface area contributed by atoms with E-state index in [0.717, 1.165) is 54.1 Å². The van der Waals surface area contributed by atoms with Crippen molar-refractivity contribution < 1.29 is 9.30 Å². The van der Waals surface area contributed by atoms with Crippen molar-refractivity contribution >= 4 is 46.6 Å². The Labute approximate surface area is 247 Å². The summed E-state index contributed by atoms with van der Waals surface area (Å²) < 4.78 is 21.0. The number of nitrogens with zero attached hydrogens (tertiary/aromatic N) is 6. The second-order valence-corrected chi connectivity index (χ2v) is 14.9. The zero-order chi connectivity index (χ0) is 29.4. The molecule has 0 unspecified atom stereocenters. The zero-order valence-electron chi connectivity index (χ0n) is 25.0. The van der Waals surface area contributed by atoms with Crippen LogP contribution in [0.4, 0.5) is 23.1 Å². The van der Waals surface area contributed by atoms with Gasteiger partial charge in [0.1, 0.15) is 18.4 Å². The molecule has 11 heteroatoms. The summed E-state index contributed by atoms with van der Waals surface area (Å²) in [4.78, 5) is 16.6. The lowest BCUT2D eigenvalue weighted by atomic mass is 10.0. The molecule has 2 fully saturated rings. The smallest absolute Gasteiger partial charge is 0.222 e. The fraction of sp³-hybridized carbons (Fsp3) is 0.419. The Bertz CT molecular complexity index is 1620. The number of piperazine rings is 1. The molecule has 3 N–H and O–H groups in total. The van der Waals surface area contributed by atoms with Gasteiger partial charge in [0.05, 0.1) is 24.0 Å². The number of piperidine rings is 1. The van der Waals surface area contributed by atoms with E-state index >= 15 is 0 Å². The Balaban J connectivity index is 1.29. The summed E-state index contributed by atoms with van der Waals surface area (Å²) in [5.41, 5.74) is 10.4. The van der Waals surface area contributed by atoms with Crippen molar-refractivity contribution in [2.24, 2.45) is 0 Å². The highest BCUT2D eigenvalue weighted by Gasteiger charge is 2.27. The summed E-state index contributed by atoms with van der Waals surface area (Å²) in [5, 5.41) is 4.17. The van der Waals surface area contributed by atoms with E-state index in [2.05, 4.69) is 55.2 Å². The highest BCUT2D eigenvalue weighted by atomic mass is 31.2. The molecule has 0 amide bonds. The summed E-state index contributed by atoms with van der Waals surface area (Å²) in [6.45, 7) is 10.3. The number of methoxy groups -OCH3 is 1. The van der Waals surface area contributed by atoms with E-state index in [0.29, 0.717) is 17.4 Å². The predicted molar refractivity (Wildman–Crippen MR) is 173 cm³/mol. The van der Waals surface area contributed by atoms with Crippen LogP contribution in [0.5, 0.6) is 5.75 Å². The van der Waals surface area contributed by atoms with Crippen molar-refractivity contribution in [1.29, 1.82) is 0 Å². The fourth-order valence-electron chi connectivity index (χ4n) is 6.27. The van der Waals surface area contributed by atoms with E-state index in [4.69, 9.17) is 10.5 Å². The molecule has 0 aliphatic carbocycles. The molecule has 0 radical (unpaired) electrons. The van der Waals surface area contributed by atoms with E-state index in [1.165, 1.54) is 31.6 Å². The topological polar surface area (TPSA) is 105 Å². The number of benzene rings is 2. The Morgan fingerprint density at radius 3 is 2.43 bits per heavy atom. The van der Waals surface area contributed by atoms with Gasteiger partial charge >= 0.3 is 0 Å². The molecule has 0 atom stereocenters. The second kappa shape index (κ2) is 11.6. The molecule has 4 heterocycles. The summed E-state index contributed by atoms with van der Waals surface area (Å²) in [5.74, 6) is 1.47. The molecular weight excluding hydrogens is 547 g/mol. The first-order valence-electron chi connectivity index (χ1n) is 14.6. The predicted octanol–water partition coefficient (Wildman–Crippen LogP) is 4.22. The molecule has 222 valence electrons. The quantitative estimate of drug-likeness (QED) is 0.307. The van der Waals surface area contributed by atoms with Crippen LogP contribution in [0, 0.1) is 0 Å². The molecule has 42 heavy (non-hydrogen) atoms. The highest BCUT2D eigenvalue weighted by Crippen LogP contribution is 2.39. The standard InChI is InChI=1S/C31H41N8O2P/c1-36-17-19-38(20-18-36)22-11-14-37(15-12-22)23-9-10-26(27(21-23)41-2)39-16-13-25-29(39)30(35-31(32)34-25)33-24-7-5-6-8-28(24)42(3,4)40/h5-10,13,16,21-22H,11-12,14-15,17-20H2,1-4H3,(H3,32,33,34,35). The first kappa shape index (κ1) is 28.5. The molecule has 10 nitrogen and oxygen atoms in total. The molecular formula is C31H41N8O2P. The third kappa shape index (κ3) is 5.71. The third-order valence-corrected chi connectivity index (χ3v) is 10.1. The number of ether oxygens (including phenoxy) is 1. The summed E-state index contributed by atoms with van der Waals surface area (Å²) >= 11 is 0. The minimum Gasteiger partial charge on any atom is -0.494 e. The number of hydrogen-bond donors (Lipinski definition) is 2. The van der Waals surface area contributed by atoms with Crippen LogP contribution in [0.15, 0.2) is 54.7 Å². The maximum absolute atomic E-state index is 13.0. The molecule has 0 spiro atoms. The van der Waals surface area contributed by atoms with Crippen molar-refractivity contribution in [3.05, 3.63) is 54.7 Å². The van der Waals surface area contributed by atoms with Crippen LogP contribution in [0.3, 0.4) is 0 Å². The Morgan fingerprint density at radius 2 is 1.71 bits per heavy atom. The zero-order valence-corrected chi connectivity index (χ0v) is 25.8. The fourth-order valence-corrected chi connectivity index (χ4v) is 7.42. The van der Waals surface area contributed by atoms with Crippen LogP contribution in [0.25, 0.3) is 16.7 Å². The number of nitrogens with one attached hydrogen (secondary N) is 1. The van der Waals surface area contributed by atoms with Crippen LogP contribution in [-0.2, 0) is 4.57 Å². The van der Waals surface area contributed by atoms with Gasteiger partial charge in [-0.2, -0.15) is 4.98 Å².